The summed E-state index contributed by atoms with van der Waals surface area (Å²) < 4.78 is 6.56. The second-order valence-corrected chi connectivity index (χ2v) is 8.02. The summed E-state index contributed by atoms with van der Waals surface area (Å²) >= 11 is 3.62. The molecule has 1 N–H and O–H groups in total. The maximum Gasteiger partial charge on any atom is 0.408 e. The van der Waals surface area contributed by atoms with Gasteiger partial charge in [0.15, 0.2) is 0 Å². The molecule has 0 saturated heterocycles. The van der Waals surface area contributed by atoms with Gasteiger partial charge in [0, 0.05) is 4.47 Å². The van der Waals surface area contributed by atoms with Crippen LogP contribution in [0.15, 0.2) is 22.7 Å². The van der Waals surface area contributed by atoms with Gasteiger partial charge in [-0.1, -0.05) is 41.9 Å². The summed E-state index contributed by atoms with van der Waals surface area (Å²) in [6, 6.07) is 6.25. The van der Waals surface area contributed by atoms with Crippen molar-refractivity contribution in [3.8, 4) is 0 Å². The smallest absolute Gasteiger partial charge is 0.408 e. The topological polar surface area (TPSA) is 38.3 Å². The highest BCUT2D eigenvalue weighted by Crippen LogP contribution is 2.38. The Morgan fingerprint density at radius 2 is 2.00 bits per heavy atom. The first-order chi connectivity index (χ1) is 9.63. The fourth-order valence-corrected chi connectivity index (χ4v) is 3.38. The van der Waals surface area contributed by atoms with Crippen LogP contribution in [0.1, 0.15) is 45.7 Å². The zero-order valence-electron chi connectivity index (χ0n) is 13.4. The number of amides is 1. The number of ether oxygens (including phenoxy) is 1. The predicted octanol–water partition coefficient (Wildman–Crippen LogP) is 4.47. The van der Waals surface area contributed by atoms with Crippen LogP contribution in [0.25, 0.3) is 0 Å². The minimum absolute atomic E-state index is 0.269. The van der Waals surface area contributed by atoms with E-state index in [-0.39, 0.29) is 11.6 Å². The van der Waals surface area contributed by atoms with Crippen LogP contribution < -0.4 is 5.32 Å². The molecule has 4 heteroatoms. The average molecular weight is 354 g/mol. The maximum atomic E-state index is 12.2. The van der Waals surface area contributed by atoms with Crippen molar-refractivity contribution in [3.05, 3.63) is 33.8 Å². The summed E-state index contributed by atoms with van der Waals surface area (Å²) in [6.45, 7) is 9.95. The molecule has 1 atom stereocenters. The van der Waals surface area contributed by atoms with Crippen LogP contribution in [0.5, 0.6) is 0 Å². The van der Waals surface area contributed by atoms with Gasteiger partial charge in [-0.25, -0.2) is 4.79 Å². The van der Waals surface area contributed by atoms with Gasteiger partial charge in [0.25, 0.3) is 0 Å². The Balaban J connectivity index is 2.22. The van der Waals surface area contributed by atoms with Crippen LogP contribution in [0.2, 0.25) is 0 Å². The van der Waals surface area contributed by atoms with Crippen LogP contribution >= 0.6 is 15.9 Å². The molecule has 1 aromatic carbocycles. The largest absolute Gasteiger partial charge is 0.444 e. The Hall–Kier alpha value is -1.03. The van der Waals surface area contributed by atoms with E-state index in [1.165, 1.54) is 11.1 Å². The number of hydrogen-bond acceptors (Lipinski definition) is 2. The summed E-state index contributed by atoms with van der Waals surface area (Å²) in [5.74, 6) is 0.323. The number of rotatable bonds is 2. The highest BCUT2D eigenvalue weighted by atomic mass is 79.9. The number of carbonyl (C=O) groups excluding carboxylic acids is 1. The van der Waals surface area contributed by atoms with E-state index in [9.17, 15) is 4.79 Å². The Kier molecular flexibility index (Phi) is 4.39. The Morgan fingerprint density at radius 1 is 1.33 bits per heavy atom. The van der Waals surface area contributed by atoms with Crippen LogP contribution in [0, 0.1) is 5.92 Å². The van der Waals surface area contributed by atoms with Crippen LogP contribution in [-0.2, 0) is 17.6 Å². The molecule has 0 bridgehead atoms. The van der Waals surface area contributed by atoms with Gasteiger partial charge < -0.3 is 10.1 Å². The standard InChI is InChI=1S/C17H24BrNO2/c1-11(2)17(19-15(20)21-16(3,4)5)9-12-7-6-8-14(18)13(12)10-17/h6-8,11H,9-10H2,1-5H3,(H,19,20)/t17-/m0/s1. The third-order valence-electron chi connectivity index (χ3n) is 4.07. The molecule has 1 amide bonds. The molecule has 0 fully saturated rings. The van der Waals surface area contributed by atoms with Crippen molar-refractivity contribution < 1.29 is 9.53 Å². The molecule has 0 spiro atoms. The normalized spacial score (nSPS) is 21.3. The average Bonchev–Trinajstić information content (AvgIpc) is 2.67. The molecule has 0 radical (unpaired) electrons. The molecular weight excluding hydrogens is 330 g/mol. The fraction of sp³-hybridized carbons (Fsp3) is 0.588. The molecule has 2 rings (SSSR count). The van der Waals surface area contributed by atoms with Gasteiger partial charge >= 0.3 is 6.09 Å². The summed E-state index contributed by atoms with van der Waals surface area (Å²) in [5.41, 5.74) is 1.85. The van der Waals surface area contributed by atoms with Gasteiger partial charge in [0.1, 0.15) is 5.60 Å². The first kappa shape index (κ1) is 16.3. The number of halogens is 1. The third kappa shape index (κ3) is 3.60. The second-order valence-electron chi connectivity index (χ2n) is 7.17. The van der Waals surface area contributed by atoms with Crippen molar-refractivity contribution in [2.75, 3.05) is 0 Å². The lowest BCUT2D eigenvalue weighted by Gasteiger charge is -2.35. The highest BCUT2D eigenvalue weighted by molar-refractivity contribution is 9.10. The van der Waals surface area contributed by atoms with Gasteiger partial charge in [0.05, 0.1) is 5.54 Å². The van der Waals surface area contributed by atoms with Gasteiger partial charge in [0.2, 0.25) is 0 Å². The first-order valence-corrected chi connectivity index (χ1v) is 8.20. The van der Waals surface area contributed by atoms with E-state index in [1.54, 1.807) is 0 Å². The van der Waals surface area contributed by atoms with Crippen molar-refractivity contribution in [2.24, 2.45) is 5.92 Å². The molecule has 1 aliphatic rings. The zero-order chi connectivity index (χ0) is 15.8. The highest BCUT2D eigenvalue weighted by Gasteiger charge is 2.42. The molecule has 0 aromatic heterocycles. The molecule has 0 heterocycles. The van der Waals surface area contributed by atoms with E-state index in [4.69, 9.17) is 4.74 Å². The number of hydrogen-bond donors (Lipinski definition) is 1. The fourth-order valence-electron chi connectivity index (χ4n) is 2.83. The van der Waals surface area contributed by atoms with Crippen molar-refractivity contribution >= 4 is 22.0 Å². The third-order valence-corrected chi connectivity index (χ3v) is 4.81. The molecule has 1 aromatic rings. The molecule has 0 aliphatic heterocycles. The molecule has 116 valence electrons. The van der Waals surface area contributed by atoms with Crippen LogP contribution in [0.3, 0.4) is 0 Å². The van der Waals surface area contributed by atoms with Crippen molar-refractivity contribution in [1.29, 1.82) is 0 Å². The monoisotopic (exact) mass is 353 g/mol. The SMILES string of the molecule is CC(C)[C@]1(NC(=O)OC(C)(C)C)Cc2cccc(Br)c2C1. The molecule has 21 heavy (non-hydrogen) atoms. The van der Waals surface area contributed by atoms with Crippen molar-refractivity contribution in [1.82, 2.24) is 5.32 Å². The first-order valence-electron chi connectivity index (χ1n) is 7.40. The second kappa shape index (κ2) is 5.64. The Bertz CT molecular complexity index is 548. The minimum Gasteiger partial charge on any atom is -0.444 e. The van der Waals surface area contributed by atoms with E-state index in [0.29, 0.717) is 5.92 Å². The zero-order valence-corrected chi connectivity index (χ0v) is 15.0. The Morgan fingerprint density at radius 3 is 2.52 bits per heavy atom. The van der Waals surface area contributed by atoms with Gasteiger partial charge in [-0.3, -0.25) is 0 Å². The number of benzene rings is 1. The minimum atomic E-state index is -0.478. The van der Waals surface area contributed by atoms with Gasteiger partial charge in [-0.2, -0.15) is 0 Å². The maximum absolute atomic E-state index is 12.2. The summed E-state index contributed by atoms with van der Waals surface area (Å²) in [4.78, 5) is 12.2. The Labute approximate surface area is 135 Å². The molecule has 0 unspecified atom stereocenters. The molecule has 3 nitrogen and oxygen atoms in total. The molecule has 0 saturated carbocycles. The lowest BCUT2D eigenvalue weighted by molar-refractivity contribution is 0.0425. The number of nitrogens with one attached hydrogen (secondary N) is 1. The van der Waals surface area contributed by atoms with Gasteiger partial charge in [-0.05, 0) is 56.7 Å². The van der Waals surface area contributed by atoms with Crippen LogP contribution in [0.4, 0.5) is 4.79 Å². The van der Waals surface area contributed by atoms with Crippen LogP contribution in [-0.4, -0.2) is 17.2 Å². The van der Waals surface area contributed by atoms with E-state index < -0.39 is 5.60 Å². The molecular formula is C17H24BrNO2. The predicted molar refractivity (Wildman–Crippen MR) is 88.5 cm³/mol. The summed E-state index contributed by atoms with van der Waals surface area (Å²) in [5, 5.41) is 3.14. The van der Waals surface area contributed by atoms with Gasteiger partial charge in [-0.15, -0.1) is 0 Å². The number of carbonyl (C=O) groups is 1. The van der Waals surface area contributed by atoms with E-state index in [2.05, 4.69) is 47.2 Å². The summed E-state index contributed by atoms with van der Waals surface area (Å²) in [6.07, 6.45) is 1.35. The number of alkyl carbamates (subject to hydrolysis) is 1. The lowest BCUT2D eigenvalue weighted by atomic mass is 9.83. The van der Waals surface area contributed by atoms with E-state index in [0.717, 1.165) is 17.3 Å². The van der Waals surface area contributed by atoms with Crippen molar-refractivity contribution in [3.63, 3.8) is 0 Å². The quantitative estimate of drug-likeness (QED) is 0.851. The number of fused-ring (bicyclic) bond motifs is 1. The lowest BCUT2D eigenvalue weighted by Crippen LogP contribution is -2.54. The van der Waals surface area contributed by atoms with E-state index in [1.807, 2.05) is 26.8 Å². The van der Waals surface area contributed by atoms with E-state index >= 15 is 0 Å². The molecule has 1 aliphatic carbocycles. The summed E-state index contributed by atoms with van der Waals surface area (Å²) in [7, 11) is 0. The van der Waals surface area contributed by atoms with Crippen molar-refractivity contribution in [2.45, 2.75) is 58.6 Å².